The molecular weight excluding hydrogens is 442 g/mol. The standard InChI is InChI=1S/C24H21N3O5S/c1-12-20(23(28)29)14-6-5-13(9-16(14)27(12)4)32-17-7-8-25-15-10-18(33-21(15)17)22-26-19(11-31-22)24(2,3)30/h5-11,30H,1-4H3,(H,28,29). The molecule has 8 nitrogen and oxygen atoms in total. The summed E-state index contributed by atoms with van der Waals surface area (Å²) in [5.74, 6) is 0.660. The second-order valence-electron chi connectivity index (χ2n) is 8.34. The smallest absolute Gasteiger partial charge is 0.338 e. The van der Waals surface area contributed by atoms with Gasteiger partial charge in [-0.15, -0.1) is 11.3 Å². The maximum Gasteiger partial charge on any atom is 0.338 e. The van der Waals surface area contributed by atoms with Crippen molar-refractivity contribution in [3.05, 3.63) is 59.7 Å². The molecule has 0 aliphatic carbocycles. The van der Waals surface area contributed by atoms with Crippen molar-refractivity contribution in [2.45, 2.75) is 26.4 Å². The van der Waals surface area contributed by atoms with Crippen molar-refractivity contribution in [2.24, 2.45) is 7.05 Å². The van der Waals surface area contributed by atoms with Crippen molar-refractivity contribution in [3.8, 4) is 22.3 Å². The number of hydrogen-bond donors (Lipinski definition) is 2. The summed E-state index contributed by atoms with van der Waals surface area (Å²) in [6.07, 6.45) is 3.12. The molecule has 2 N–H and O–H groups in total. The number of carbonyl (C=O) groups is 1. The summed E-state index contributed by atoms with van der Waals surface area (Å²) < 4.78 is 14.4. The maximum atomic E-state index is 11.7. The van der Waals surface area contributed by atoms with Crippen LogP contribution in [0.1, 0.15) is 35.6 Å². The van der Waals surface area contributed by atoms with Crippen LogP contribution in [-0.2, 0) is 12.6 Å². The molecule has 0 unspecified atom stereocenters. The number of aryl methyl sites for hydroxylation is 1. The summed E-state index contributed by atoms with van der Waals surface area (Å²) in [5, 5.41) is 20.4. The van der Waals surface area contributed by atoms with Crippen molar-refractivity contribution < 1.29 is 24.2 Å². The molecule has 0 amide bonds. The van der Waals surface area contributed by atoms with Crippen LogP contribution in [0.25, 0.3) is 31.9 Å². The highest BCUT2D eigenvalue weighted by atomic mass is 32.1. The van der Waals surface area contributed by atoms with Crippen LogP contribution in [0.4, 0.5) is 0 Å². The van der Waals surface area contributed by atoms with Gasteiger partial charge < -0.3 is 23.9 Å². The molecule has 0 spiro atoms. The molecule has 0 radical (unpaired) electrons. The van der Waals surface area contributed by atoms with Gasteiger partial charge in [-0.1, -0.05) is 0 Å². The fourth-order valence-corrected chi connectivity index (χ4v) is 4.77. The summed E-state index contributed by atoms with van der Waals surface area (Å²) in [4.78, 5) is 21.3. The lowest BCUT2D eigenvalue weighted by atomic mass is 10.1. The Morgan fingerprint density at radius 3 is 2.73 bits per heavy atom. The Bertz CT molecular complexity index is 1540. The molecule has 0 saturated heterocycles. The van der Waals surface area contributed by atoms with Crippen LogP contribution >= 0.6 is 11.3 Å². The Kier molecular flexibility index (Phi) is 4.77. The van der Waals surface area contributed by atoms with Crippen LogP contribution in [0.15, 0.2) is 47.2 Å². The molecule has 0 saturated carbocycles. The van der Waals surface area contributed by atoms with Gasteiger partial charge in [-0.25, -0.2) is 9.78 Å². The number of carboxylic acids is 1. The van der Waals surface area contributed by atoms with E-state index in [0.717, 1.165) is 20.6 Å². The Morgan fingerprint density at radius 1 is 1.24 bits per heavy atom. The minimum absolute atomic E-state index is 0.296. The number of aromatic nitrogens is 3. The van der Waals surface area contributed by atoms with E-state index in [-0.39, 0.29) is 0 Å². The zero-order valence-electron chi connectivity index (χ0n) is 18.4. The van der Waals surface area contributed by atoms with Gasteiger partial charge in [0, 0.05) is 36.5 Å². The van der Waals surface area contributed by atoms with Crippen molar-refractivity contribution >= 4 is 38.4 Å². The van der Waals surface area contributed by atoms with E-state index in [0.29, 0.717) is 39.7 Å². The van der Waals surface area contributed by atoms with E-state index in [1.54, 1.807) is 45.2 Å². The third-order valence-electron chi connectivity index (χ3n) is 5.62. The second-order valence-corrected chi connectivity index (χ2v) is 9.39. The zero-order chi connectivity index (χ0) is 23.5. The highest BCUT2D eigenvalue weighted by Gasteiger charge is 2.23. The van der Waals surface area contributed by atoms with E-state index in [1.807, 2.05) is 23.7 Å². The zero-order valence-corrected chi connectivity index (χ0v) is 19.2. The molecule has 0 bridgehead atoms. The van der Waals surface area contributed by atoms with Crippen LogP contribution in [0.2, 0.25) is 0 Å². The van der Waals surface area contributed by atoms with Gasteiger partial charge in [0.05, 0.1) is 26.2 Å². The number of ether oxygens (including phenoxy) is 1. The minimum Gasteiger partial charge on any atom is -0.478 e. The Balaban J connectivity index is 1.53. The first-order chi connectivity index (χ1) is 15.6. The van der Waals surface area contributed by atoms with Gasteiger partial charge in [-0.05, 0) is 39.0 Å². The molecule has 5 aromatic rings. The quantitative estimate of drug-likeness (QED) is 0.356. The van der Waals surface area contributed by atoms with Crippen LogP contribution < -0.4 is 4.74 Å². The van der Waals surface area contributed by atoms with Crippen LogP contribution in [0.5, 0.6) is 11.5 Å². The highest BCUT2D eigenvalue weighted by Crippen LogP contribution is 2.40. The number of aliphatic hydroxyl groups is 1. The van der Waals surface area contributed by atoms with E-state index in [2.05, 4.69) is 9.97 Å². The number of carboxylic acid groups (broad SMARTS) is 1. The van der Waals surface area contributed by atoms with Gasteiger partial charge in [0.15, 0.2) is 0 Å². The molecule has 0 fully saturated rings. The number of thiophene rings is 1. The molecule has 9 heteroatoms. The van der Waals surface area contributed by atoms with Gasteiger partial charge in [-0.2, -0.15) is 0 Å². The molecule has 33 heavy (non-hydrogen) atoms. The number of pyridine rings is 1. The van der Waals surface area contributed by atoms with Crippen LogP contribution in [-0.4, -0.2) is 30.7 Å². The SMILES string of the molecule is Cc1c(C(=O)O)c2ccc(Oc3ccnc4cc(-c5nc(C(C)(C)O)co5)sc34)cc2n1C. The number of rotatable bonds is 5. The normalized spacial score (nSPS) is 12.0. The van der Waals surface area contributed by atoms with Crippen LogP contribution in [0, 0.1) is 6.92 Å². The first-order valence-electron chi connectivity index (χ1n) is 10.2. The van der Waals surface area contributed by atoms with Crippen molar-refractivity contribution in [1.29, 1.82) is 0 Å². The summed E-state index contributed by atoms with van der Waals surface area (Å²) in [6, 6.07) is 9.02. The summed E-state index contributed by atoms with van der Waals surface area (Å²) >= 11 is 1.43. The topological polar surface area (TPSA) is 111 Å². The molecule has 0 atom stereocenters. The summed E-state index contributed by atoms with van der Waals surface area (Å²) in [6.45, 7) is 5.09. The van der Waals surface area contributed by atoms with Gasteiger partial charge in [0.2, 0.25) is 5.89 Å². The molecule has 168 valence electrons. The Labute approximate surface area is 192 Å². The van der Waals surface area contributed by atoms with Gasteiger partial charge in [0.1, 0.15) is 29.1 Å². The first-order valence-corrected chi connectivity index (χ1v) is 11.0. The second kappa shape index (κ2) is 7.43. The average molecular weight is 464 g/mol. The van der Waals surface area contributed by atoms with E-state index >= 15 is 0 Å². The van der Waals surface area contributed by atoms with Gasteiger partial charge >= 0.3 is 5.97 Å². The lowest BCUT2D eigenvalue weighted by Crippen LogP contribution is -2.15. The fraction of sp³-hybridized carbons (Fsp3) is 0.208. The monoisotopic (exact) mass is 463 g/mol. The number of fused-ring (bicyclic) bond motifs is 2. The third kappa shape index (κ3) is 3.55. The number of aromatic carboxylic acids is 1. The molecule has 0 aliphatic rings. The number of benzene rings is 1. The number of nitrogens with zero attached hydrogens (tertiary/aromatic N) is 3. The summed E-state index contributed by atoms with van der Waals surface area (Å²) in [5.41, 5.74) is 1.84. The largest absolute Gasteiger partial charge is 0.478 e. The first kappa shape index (κ1) is 21.2. The molecular formula is C24H21N3O5S. The maximum absolute atomic E-state index is 11.7. The molecule has 4 aromatic heterocycles. The lowest BCUT2D eigenvalue weighted by molar-refractivity contribution is 0.0696. The Hall–Kier alpha value is -3.69. The van der Waals surface area contributed by atoms with Crippen molar-refractivity contribution in [3.63, 3.8) is 0 Å². The Morgan fingerprint density at radius 2 is 2.03 bits per heavy atom. The van der Waals surface area contributed by atoms with E-state index in [9.17, 15) is 15.0 Å². The van der Waals surface area contributed by atoms with Gasteiger partial charge in [-0.3, -0.25) is 4.98 Å². The number of oxazole rings is 1. The van der Waals surface area contributed by atoms with Gasteiger partial charge in [0.25, 0.3) is 0 Å². The highest BCUT2D eigenvalue weighted by molar-refractivity contribution is 7.22. The third-order valence-corrected chi connectivity index (χ3v) is 6.75. The molecule has 4 heterocycles. The molecule has 1 aromatic carbocycles. The van der Waals surface area contributed by atoms with Crippen LogP contribution in [0.3, 0.4) is 0 Å². The molecule has 0 aliphatic heterocycles. The summed E-state index contributed by atoms with van der Waals surface area (Å²) in [7, 11) is 1.84. The predicted octanol–water partition coefficient (Wildman–Crippen LogP) is 5.47. The van der Waals surface area contributed by atoms with E-state index < -0.39 is 11.6 Å². The van der Waals surface area contributed by atoms with E-state index in [1.165, 1.54) is 17.6 Å². The minimum atomic E-state index is -1.10. The number of hydrogen-bond acceptors (Lipinski definition) is 7. The lowest BCUT2D eigenvalue weighted by Gasteiger charge is -2.11. The molecule has 5 rings (SSSR count). The predicted molar refractivity (Wildman–Crippen MR) is 125 cm³/mol. The fourth-order valence-electron chi connectivity index (χ4n) is 3.77. The van der Waals surface area contributed by atoms with Crippen molar-refractivity contribution in [1.82, 2.24) is 14.5 Å². The van der Waals surface area contributed by atoms with E-state index in [4.69, 9.17) is 9.15 Å². The van der Waals surface area contributed by atoms with Crippen molar-refractivity contribution in [2.75, 3.05) is 0 Å². The average Bonchev–Trinajstić information content (AvgIpc) is 3.45.